The Hall–Kier alpha value is -3.35. The molecule has 0 bridgehead atoms. The van der Waals surface area contributed by atoms with Gasteiger partial charge in [0.15, 0.2) is 17.2 Å². The predicted octanol–water partition coefficient (Wildman–Crippen LogP) is 4.00. The second-order valence-corrected chi connectivity index (χ2v) is 7.42. The minimum atomic E-state index is -0.346. The first-order valence-corrected chi connectivity index (χ1v) is 10.6. The van der Waals surface area contributed by atoms with E-state index in [1.165, 1.54) is 4.68 Å². The summed E-state index contributed by atoms with van der Waals surface area (Å²) in [6, 6.07) is 12.4. The fourth-order valence-corrected chi connectivity index (χ4v) is 3.27. The van der Waals surface area contributed by atoms with Crippen molar-refractivity contribution in [1.82, 2.24) is 15.1 Å². The summed E-state index contributed by atoms with van der Waals surface area (Å²) in [6.07, 6.45) is 1.79. The Bertz CT molecular complexity index is 1120. The number of nitrogens with one attached hydrogen (secondary N) is 1. The van der Waals surface area contributed by atoms with Gasteiger partial charge in [0.05, 0.1) is 24.6 Å². The molecular formula is C24H29N3O4. The van der Waals surface area contributed by atoms with Crippen molar-refractivity contribution in [2.75, 3.05) is 13.2 Å². The molecule has 7 nitrogen and oxygen atoms in total. The summed E-state index contributed by atoms with van der Waals surface area (Å²) >= 11 is 0. The number of rotatable bonds is 9. The first kappa shape index (κ1) is 22.3. The molecule has 2 aromatic carbocycles. The molecule has 0 fully saturated rings. The number of ether oxygens (including phenoxy) is 2. The molecule has 164 valence electrons. The summed E-state index contributed by atoms with van der Waals surface area (Å²) in [7, 11) is 1.54. The van der Waals surface area contributed by atoms with Crippen LogP contribution < -0.4 is 20.3 Å². The minimum Gasteiger partial charge on any atom is -0.490 e. The third-order valence-corrected chi connectivity index (χ3v) is 4.91. The van der Waals surface area contributed by atoms with Gasteiger partial charge in [0, 0.05) is 12.4 Å². The molecule has 3 rings (SSSR count). The number of nitrogens with zero attached hydrogens (tertiary/aromatic N) is 2. The summed E-state index contributed by atoms with van der Waals surface area (Å²) in [5, 5.41) is 8.18. The number of hydrogen-bond acceptors (Lipinski definition) is 5. The molecule has 0 aliphatic carbocycles. The van der Waals surface area contributed by atoms with Crippen LogP contribution in [0.2, 0.25) is 0 Å². The third-order valence-electron chi connectivity index (χ3n) is 4.91. The Morgan fingerprint density at radius 1 is 1.03 bits per heavy atom. The van der Waals surface area contributed by atoms with Crippen LogP contribution >= 0.6 is 0 Å². The smallest absolute Gasteiger partial charge is 0.274 e. The van der Waals surface area contributed by atoms with Crippen molar-refractivity contribution >= 4 is 16.7 Å². The molecule has 0 aliphatic rings. The van der Waals surface area contributed by atoms with Crippen molar-refractivity contribution in [3.05, 3.63) is 64.1 Å². The van der Waals surface area contributed by atoms with Crippen LogP contribution in [0.25, 0.3) is 10.8 Å². The zero-order valence-electron chi connectivity index (χ0n) is 18.5. The number of hydrogen-bond donors (Lipinski definition) is 1. The number of carbonyl (C=O) groups is 1. The van der Waals surface area contributed by atoms with Crippen LogP contribution in [0.15, 0.2) is 47.3 Å². The molecule has 1 N–H and O–H groups in total. The average molecular weight is 424 g/mol. The van der Waals surface area contributed by atoms with Crippen molar-refractivity contribution in [2.45, 2.75) is 39.7 Å². The van der Waals surface area contributed by atoms with Gasteiger partial charge in [-0.05, 0) is 43.5 Å². The lowest BCUT2D eigenvalue weighted by Gasteiger charge is -2.18. The van der Waals surface area contributed by atoms with Gasteiger partial charge in [0.2, 0.25) is 0 Å². The number of carbonyl (C=O) groups excluding carboxylic acids is 1. The standard InChI is InChI=1S/C24H29N3O4/c1-5-13-30-20-12-11-17(15-21(20)31-14-6-2)16(3)25-23(28)22-18-9-7-8-10-19(18)24(29)27(4)26-22/h7-12,15-16H,5-6,13-14H2,1-4H3,(H,25,28)/t16-/m1/s1. The molecule has 0 unspecified atom stereocenters. The SMILES string of the molecule is CCCOc1ccc([C@@H](C)NC(=O)c2nn(C)c(=O)c3ccccc23)cc1OCCC. The quantitative estimate of drug-likeness (QED) is 0.562. The second kappa shape index (κ2) is 10.1. The van der Waals surface area contributed by atoms with E-state index in [-0.39, 0.29) is 23.2 Å². The Morgan fingerprint density at radius 3 is 2.35 bits per heavy atom. The third kappa shape index (κ3) is 5.05. The minimum absolute atomic E-state index is 0.218. The molecule has 0 aliphatic heterocycles. The van der Waals surface area contributed by atoms with Crippen molar-refractivity contribution < 1.29 is 14.3 Å². The molecule has 1 atom stereocenters. The highest BCUT2D eigenvalue weighted by atomic mass is 16.5. The van der Waals surface area contributed by atoms with E-state index in [2.05, 4.69) is 17.3 Å². The first-order valence-electron chi connectivity index (χ1n) is 10.6. The summed E-state index contributed by atoms with van der Waals surface area (Å²) < 4.78 is 12.8. The summed E-state index contributed by atoms with van der Waals surface area (Å²) in [6.45, 7) is 7.19. The summed E-state index contributed by atoms with van der Waals surface area (Å²) in [5.41, 5.74) is 0.868. The van der Waals surface area contributed by atoms with Gasteiger partial charge in [-0.15, -0.1) is 0 Å². The van der Waals surface area contributed by atoms with Crippen molar-refractivity contribution in [3.63, 3.8) is 0 Å². The van der Waals surface area contributed by atoms with Gasteiger partial charge in [-0.1, -0.05) is 38.1 Å². The normalized spacial score (nSPS) is 11.9. The summed E-state index contributed by atoms with van der Waals surface area (Å²) in [4.78, 5) is 25.3. The van der Waals surface area contributed by atoms with E-state index in [0.717, 1.165) is 18.4 Å². The molecule has 7 heteroatoms. The van der Waals surface area contributed by atoms with Crippen molar-refractivity contribution in [1.29, 1.82) is 0 Å². The molecule has 0 saturated carbocycles. The van der Waals surface area contributed by atoms with Crippen LogP contribution in [0.3, 0.4) is 0 Å². The molecule has 1 heterocycles. The molecule has 0 spiro atoms. The lowest BCUT2D eigenvalue weighted by molar-refractivity contribution is 0.0934. The van der Waals surface area contributed by atoms with Crippen molar-refractivity contribution in [3.8, 4) is 11.5 Å². The number of fused-ring (bicyclic) bond motifs is 1. The van der Waals surface area contributed by atoms with Crippen LogP contribution in [-0.4, -0.2) is 28.9 Å². The zero-order valence-corrected chi connectivity index (χ0v) is 18.5. The highest BCUT2D eigenvalue weighted by Gasteiger charge is 2.19. The molecule has 0 saturated heterocycles. The van der Waals surface area contributed by atoms with Gasteiger partial charge >= 0.3 is 0 Å². The fraction of sp³-hybridized carbons (Fsp3) is 0.375. The number of aromatic nitrogens is 2. The maximum atomic E-state index is 13.0. The van der Waals surface area contributed by atoms with Crippen LogP contribution in [-0.2, 0) is 7.05 Å². The average Bonchev–Trinajstić information content (AvgIpc) is 2.78. The Balaban J connectivity index is 1.87. The van der Waals surface area contributed by atoms with Gasteiger partial charge in [-0.3, -0.25) is 9.59 Å². The highest BCUT2D eigenvalue weighted by molar-refractivity contribution is 6.04. The van der Waals surface area contributed by atoms with E-state index < -0.39 is 0 Å². The summed E-state index contributed by atoms with van der Waals surface area (Å²) in [5.74, 6) is 1.02. The van der Waals surface area contributed by atoms with Gasteiger partial charge in [0.25, 0.3) is 11.5 Å². The van der Waals surface area contributed by atoms with E-state index in [1.54, 1.807) is 31.3 Å². The van der Waals surface area contributed by atoms with E-state index in [4.69, 9.17) is 9.47 Å². The van der Waals surface area contributed by atoms with Gasteiger partial charge in [0.1, 0.15) is 0 Å². The monoisotopic (exact) mass is 423 g/mol. The van der Waals surface area contributed by atoms with Gasteiger partial charge in [-0.25, -0.2) is 4.68 Å². The molecular weight excluding hydrogens is 394 g/mol. The maximum Gasteiger partial charge on any atom is 0.274 e. The van der Waals surface area contributed by atoms with E-state index in [9.17, 15) is 9.59 Å². The lowest BCUT2D eigenvalue weighted by Crippen LogP contribution is -2.31. The Labute approximate surface area is 182 Å². The predicted molar refractivity (Wildman–Crippen MR) is 121 cm³/mol. The lowest BCUT2D eigenvalue weighted by atomic mass is 10.1. The van der Waals surface area contributed by atoms with Gasteiger partial charge in [-0.2, -0.15) is 5.10 Å². The highest BCUT2D eigenvalue weighted by Crippen LogP contribution is 2.31. The van der Waals surface area contributed by atoms with E-state index >= 15 is 0 Å². The molecule has 3 aromatic rings. The Morgan fingerprint density at radius 2 is 1.68 bits per heavy atom. The van der Waals surface area contributed by atoms with E-state index in [1.807, 2.05) is 32.0 Å². The fourth-order valence-electron chi connectivity index (χ4n) is 3.27. The largest absolute Gasteiger partial charge is 0.490 e. The first-order chi connectivity index (χ1) is 15.0. The number of aryl methyl sites for hydroxylation is 1. The second-order valence-electron chi connectivity index (χ2n) is 7.42. The van der Waals surface area contributed by atoms with Gasteiger partial charge < -0.3 is 14.8 Å². The topological polar surface area (TPSA) is 82.5 Å². The van der Waals surface area contributed by atoms with Crippen LogP contribution in [0, 0.1) is 0 Å². The molecule has 1 amide bonds. The number of amides is 1. The number of benzene rings is 2. The maximum absolute atomic E-state index is 13.0. The Kier molecular flexibility index (Phi) is 7.28. The molecule has 1 aromatic heterocycles. The molecule has 31 heavy (non-hydrogen) atoms. The van der Waals surface area contributed by atoms with Crippen LogP contribution in [0.5, 0.6) is 11.5 Å². The van der Waals surface area contributed by atoms with Crippen LogP contribution in [0.1, 0.15) is 55.7 Å². The van der Waals surface area contributed by atoms with Crippen LogP contribution in [0.4, 0.5) is 0 Å². The molecule has 0 radical (unpaired) electrons. The zero-order chi connectivity index (χ0) is 22.4. The van der Waals surface area contributed by atoms with E-state index in [0.29, 0.717) is 35.5 Å². The van der Waals surface area contributed by atoms with Crippen molar-refractivity contribution in [2.24, 2.45) is 7.05 Å².